The van der Waals surface area contributed by atoms with E-state index >= 15 is 0 Å². The molecule has 1 N–H and O–H groups in total. The van der Waals surface area contributed by atoms with Crippen molar-refractivity contribution in [2.45, 2.75) is 12.8 Å². The van der Waals surface area contributed by atoms with Crippen LogP contribution in [0.5, 0.6) is 0 Å². The topological polar surface area (TPSA) is 71.5 Å². The van der Waals surface area contributed by atoms with Crippen LogP contribution >= 0.6 is 0 Å². The summed E-state index contributed by atoms with van der Waals surface area (Å²) in [6, 6.07) is 8.49. The van der Waals surface area contributed by atoms with E-state index in [1.165, 1.54) is 7.11 Å². The van der Waals surface area contributed by atoms with Crippen LogP contribution in [0.1, 0.15) is 33.6 Å². The molecular formula is C18H19N3O3. The van der Waals surface area contributed by atoms with Gasteiger partial charge in [0.25, 0.3) is 5.91 Å². The van der Waals surface area contributed by atoms with Gasteiger partial charge in [0.05, 0.1) is 30.1 Å². The second-order valence-electron chi connectivity index (χ2n) is 5.65. The number of nitrogens with zero attached hydrogens (tertiary/aromatic N) is 2. The predicted octanol–water partition coefficient (Wildman–Crippen LogP) is 2.72. The van der Waals surface area contributed by atoms with Gasteiger partial charge in [-0.15, -0.1) is 0 Å². The molecule has 0 bridgehead atoms. The van der Waals surface area contributed by atoms with Crippen molar-refractivity contribution in [1.82, 2.24) is 4.98 Å². The van der Waals surface area contributed by atoms with Gasteiger partial charge in [-0.3, -0.25) is 9.78 Å². The van der Waals surface area contributed by atoms with Gasteiger partial charge in [-0.1, -0.05) is 6.07 Å². The third-order valence-electron chi connectivity index (χ3n) is 4.00. The minimum atomic E-state index is -0.441. The maximum absolute atomic E-state index is 12.4. The Bertz CT molecular complexity index is 755. The lowest BCUT2D eigenvalue weighted by atomic mass is 10.2. The molecule has 1 saturated heterocycles. The Morgan fingerprint density at radius 3 is 2.67 bits per heavy atom. The standard InChI is InChI=1S/C18H19N3O3/c1-24-18(23)13-5-4-6-15(9-13)20-17(22)14-10-16(12-19-11-14)21-7-2-3-8-21/h4-6,9-12H,2-3,7-8H2,1H3,(H,20,22). The first-order valence-corrected chi connectivity index (χ1v) is 7.87. The van der Waals surface area contributed by atoms with Crippen molar-refractivity contribution in [2.75, 3.05) is 30.4 Å². The monoisotopic (exact) mass is 325 g/mol. The number of amides is 1. The van der Waals surface area contributed by atoms with Crippen LogP contribution in [-0.4, -0.2) is 37.1 Å². The first kappa shape index (κ1) is 16.0. The molecule has 1 fully saturated rings. The van der Waals surface area contributed by atoms with Gasteiger partial charge < -0.3 is 15.0 Å². The van der Waals surface area contributed by atoms with Crippen LogP contribution in [0.15, 0.2) is 42.7 Å². The number of esters is 1. The van der Waals surface area contributed by atoms with Gasteiger partial charge in [0.2, 0.25) is 0 Å². The molecule has 1 aromatic carbocycles. The van der Waals surface area contributed by atoms with E-state index in [0.29, 0.717) is 16.8 Å². The van der Waals surface area contributed by atoms with E-state index in [0.717, 1.165) is 31.6 Å². The molecule has 3 rings (SSSR count). The number of nitrogens with one attached hydrogen (secondary N) is 1. The smallest absolute Gasteiger partial charge is 0.337 e. The average molecular weight is 325 g/mol. The first-order chi connectivity index (χ1) is 11.7. The van der Waals surface area contributed by atoms with Crippen LogP contribution in [0.3, 0.4) is 0 Å². The summed E-state index contributed by atoms with van der Waals surface area (Å²) < 4.78 is 4.69. The van der Waals surface area contributed by atoms with Crippen LogP contribution in [0.4, 0.5) is 11.4 Å². The van der Waals surface area contributed by atoms with E-state index in [1.54, 1.807) is 36.7 Å². The minimum Gasteiger partial charge on any atom is -0.465 e. The Balaban J connectivity index is 1.75. The van der Waals surface area contributed by atoms with Crippen LogP contribution < -0.4 is 10.2 Å². The van der Waals surface area contributed by atoms with E-state index in [2.05, 4.69) is 19.9 Å². The van der Waals surface area contributed by atoms with Crippen molar-refractivity contribution in [3.63, 3.8) is 0 Å². The van der Waals surface area contributed by atoms with E-state index in [-0.39, 0.29) is 5.91 Å². The maximum Gasteiger partial charge on any atom is 0.337 e. The van der Waals surface area contributed by atoms with Gasteiger partial charge >= 0.3 is 5.97 Å². The van der Waals surface area contributed by atoms with Gasteiger partial charge in [-0.2, -0.15) is 0 Å². The van der Waals surface area contributed by atoms with Gasteiger partial charge in [0.15, 0.2) is 0 Å². The number of rotatable bonds is 4. The van der Waals surface area contributed by atoms with E-state index in [4.69, 9.17) is 0 Å². The number of pyridine rings is 1. The summed E-state index contributed by atoms with van der Waals surface area (Å²) >= 11 is 0. The molecule has 2 aromatic rings. The van der Waals surface area contributed by atoms with Gasteiger partial charge in [-0.05, 0) is 37.1 Å². The molecule has 0 radical (unpaired) electrons. The highest BCUT2D eigenvalue weighted by atomic mass is 16.5. The van der Waals surface area contributed by atoms with Crippen molar-refractivity contribution in [3.05, 3.63) is 53.9 Å². The predicted molar refractivity (Wildman–Crippen MR) is 91.4 cm³/mol. The lowest BCUT2D eigenvalue weighted by molar-refractivity contribution is 0.0600. The highest BCUT2D eigenvalue weighted by Gasteiger charge is 2.15. The van der Waals surface area contributed by atoms with Gasteiger partial charge in [-0.25, -0.2) is 4.79 Å². The van der Waals surface area contributed by atoms with Crippen LogP contribution in [-0.2, 0) is 4.74 Å². The molecule has 0 atom stereocenters. The zero-order chi connectivity index (χ0) is 16.9. The number of ether oxygens (including phenoxy) is 1. The Kier molecular flexibility index (Phi) is 4.74. The van der Waals surface area contributed by atoms with E-state index in [1.807, 2.05) is 6.07 Å². The molecule has 0 unspecified atom stereocenters. The van der Waals surface area contributed by atoms with E-state index in [9.17, 15) is 9.59 Å². The van der Waals surface area contributed by atoms with Gasteiger partial charge in [0, 0.05) is 25.0 Å². The summed E-state index contributed by atoms with van der Waals surface area (Å²) in [7, 11) is 1.32. The lowest BCUT2D eigenvalue weighted by Crippen LogP contribution is -2.19. The number of hydrogen-bond acceptors (Lipinski definition) is 5. The number of aromatic nitrogens is 1. The summed E-state index contributed by atoms with van der Waals surface area (Å²) in [5.41, 5.74) is 2.38. The van der Waals surface area contributed by atoms with Crippen LogP contribution in [0, 0.1) is 0 Å². The normalized spacial score (nSPS) is 13.6. The molecule has 1 amide bonds. The second-order valence-corrected chi connectivity index (χ2v) is 5.65. The van der Waals surface area contributed by atoms with Gasteiger partial charge in [0.1, 0.15) is 0 Å². The largest absolute Gasteiger partial charge is 0.465 e. The average Bonchev–Trinajstić information content (AvgIpc) is 3.16. The van der Waals surface area contributed by atoms with Crippen LogP contribution in [0.25, 0.3) is 0 Å². The van der Waals surface area contributed by atoms with E-state index < -0.39 is 5.97 Å². The number of benzene rings is 1. The zero-order valence-corrected chi connectivity index (χ0v) is 13.5. The third-order valence-corrected chi connectivity index (χ3v) is 4.00. The Labute approximate surface area is 140 Å². The lowest BCUT2D eigenvalue weighted by Gasteiger charge is -2.17. The molecule has 6 nitrogen and oxygen atoms in total. The molecule has 1 aromatic heterocycles. The van der Waals surface area contributed by atoms with Crippen molar-refractivity contribution >= 4 is 23.3 Å². The summed E-state index contributed by atoms with van der Waals surface area (Å²) in [6.07, 6.45) is 5.65. The quantitative estimate of drug-likeness (QED) is 0.875. The maximum atomic E-state index is 12.4. The minimum absolute atomic E-state index is 0.259. The van der Waals surface area contributed by atoms with Crippen molar-refractivity contribution in [1.29, 1.82) is 0 Å². The molecular weight excluding hydrogens is 306 g/mol. The third kappa shape index (κ3) is 3.53. The number of carbonyl (C=O) groups is 2. The van der Waals surface area contributed by atoms with Crippen LogP contribution in [0.2, 0.25) is 0 Å². The van der Waals surface area contributed by atoms with Crippen molar-refractivity contribution in [2.24, 2.45) is 0 Å². The highest BCUT2D eigenvalue weighted by Crippen LogP contribution is 2.21. The Hall–Kier alpha value is -2.89. The number of methoxy groups -OCH3 is 1. The Morgan fingerprint density at radius 1 is 1.12 bits per heavy atom. The summed E-state index contributed by atoms with van der Waals surface area (Å²) in [5.74, 6) is -0.700. The molecule has 0 saturated carbocycles. The Morgan fingerprint density at radius 2 is 1.92 bits per heavy atom. The fourth-order valence-corrected chi connectivity index (χ4v) is 2.75. The molecule has 6 heteroatoms. The van der Waals surface area contributed by atoms with Crippen molar-refractivity contribution in [3.8, 4) is 0 Å². The molecule has 1 aliphatic heterocycles. The molecule has 2 heterocycles. The number of anilines is 2. The fraction of sp³-hybridized carbons (Fsp3) is 0.278. The fourth-order valence-electron chi connectivity index (χ4n) is 2.75. The van der Waals surface area contributed by atoms with Crippen molar-refractivity contribution < 1.29 is 14.3 Å². The summed E-state index contributed by atoms with van der Waals surface area (Å²) in [4.78, 5) is 30.4. The molecule has 1 aliphatic rings. The molecule has 24 heavy (non-hydrogen) atoms. The zero-order valence-electron chi connectivity index (χ0n) is 13.5. The second kappa shape index (κ2) is 7.12. The summed E-state index contributed by atoms with van der Waals surface area (Å²) in [5, 5.41) is 2.79. The number of hydrogen-bond donors (Lipinski definition) is 1. The molecule has 0 aliphatic carbocycles. The molecule has 124 valence electrons. The SMILES string of the molecule is COC(=O)c1cccc(NC(=O)c2cncc(N3CCCC3)c2)c1. The first-order valence-electron chi connectivity index (χ1n) is 7.87. The number of carbonyl (C=O) groups excluding carboxylic acids is 2. The highest BCUT2D eigenvalue weighted by molar-refractivity contribution is 6.05. The molecule has 0 spiro atoms. The summed E-state index contributed by atoms with van der Waals surface area (Å²) in [6.45, 7) is 1.99.